The molecule has 1 aromatic carbocycles. The topological polar surface area (TPSA) is 67.2 Å². The Hall–Kier alpha value is -1.58. The molecule has 0 aliphatic carbocycles. The number of hydrogen-bond acceptors (Lipinski definition) is 2. The normalized spacial score (nSPS) is 14.6. The average molecular weight is 369 g/mol. The van der Waals surface area contributed by atoms with E-state index < -0.39 is 32.1 Å². The van der Waals surface area contributed by atoms with Crippen LogP contribution in [0.5, 0.6) is 0 Å². The Morgan fingerprint density at radius 2 is 1.96 bits per heavy atom. The van der Waals surface area contributed by atoms with E-state index in [-0.39, 0.29) is 0 Å². The highest BCUT2D eigenvalue weighted by atomic mass is 35.5. The number of rotatable bonds is 3. The van der Waals surface area contributed by atoms with Crippen molar-refractivity contribution < 1.29 is 21.9 Å². The summed E-state index contributed by atoms with van der Waals surface area (Å²) in [6.45, 7) is 3.29. The van der Waals surface area contributed by atoms with Gasteiger partial charge in [0.1, 0.15) is 5.69 Å². The molecule has 0 spiro atoms. The molecule has 126 valence electrons. The average Bonchev–Trinajstić information content (AvgIpc) is 2.64. The SMILES string of the molecule is Cc1nn(C)c(C)c1N[S+](=O)(O)c1ccc(Cl)c(C(F)(F)F)c1. The molecule has 23 heavy (non-hydrogen) atoms. The molecule has 0 saturated carbocycles. The standard InChI is InChI=1S/C13H13ClF3N3O2S/c1-7-12(8(2)20(3)18-7)19-23(21,22)9-4-5-11(14)10(6-9)13(15,16)17/h4-6H,1-3H3,(H-,19,21,22)/p+1. The number of hydrogen-bond donors (Lipinski definition) is 2. The van der Waals surface area contributed by atoms with Crippen LogP contribution in [0.3, 0.4) is 0 Å². The maximum absolute atomic E-state index is 12.9. The molecule has 1 unspecified atom stereocenters. The molecule has 0 aliphatic heterocycles. The number of nitrogens with one attached hydrogen (secondary N) is 1. The number of nitrogens with zero attached hydrogens (tertiary/aromatic N) is 2. The van der Waals surface area contributed by atoms with E-state index in [1.54, 1.807) is 20.9 Å². The van der Waals surface area contributed by atoms with Crippen molar-refractivity contribution in [2.45, 2.75) is 24.9 Å². The Bertz CT molecular complexity index is 804. The van der Waals surface area contributed by atoms with E-state index in [9.17, 15) is 21.9 Å². The van der Waals surface area contributed by atoms with E-state index in [0.29, 0.717) is 23.1 Å². The molecule has 1 heterocycles. The zero-order chi connectivity index (χ0) is 17.6. The van der Waals surface area contributed by atoms with Crippen molar-refractivity contribution in [1.82, 2.24) is 9.78 Å². The van der Waals surface area contributed by atoms with Crippen molar-refractivity contribution in [3.05, 3.63) is 40.2 Å². The molecular formula is C13H14ClF3N3O2S+. The highest BCUT2D eigenvalue weighted by molar-refractivity contribution is 7.99. The van der Waals surface area contributed by atoms with Gasteiger partial charge in [-0.2, -0.15) is 27.5 Å². The fraction of sp³-hybridized carbons (Fsp3) is 0.308. The lowest BCUT2D eigenvalue weighted by atomic mass is 10.2. The molecule has 2 aromatic rings. The van der Waals surface area contributed by atoms with E-state index in [1.807, 2.05) is 0 Å². The number of anilines is 1. The summed E-state index contributed by atoms with van der Waals surface area (Å²) in [6, 6.07) is 2.59. The van der Waals surface area contributed by atoms with Gasteiger partial charge in [-0.05, 0) is 24.1 Å². The third-order valence-electron chi connectivity index (χ3n) is 3.31. The number of halogens is 4. The largest absolute Gasteiger partial charge is 0.418 e. The van der Waals surface area contributed by atoms with E-state index in [2.05, 4.69) is 9.82 Å². The summed E-state index contributed by atoms with van der Waals surface area (Å²) >= 11 is 5.52. The molecule has 1 aromatic heterocycles. The van der Waals surface area contributed by atoms with Crippen LogP contribution in [0.4, 0.5) is 18.9 Å². The lowest BCUT2D eigenvalue weighted by molar-refractivity contribution is -0.137. The predicted molar refractivity (Wildman–Crippen MR) is 81.7 cm³/mol. The van der Waals surface area contributed by atoms with Gasteiger partial charge in [-0.25, -0.2) is 0 Å². The fourth-order valence-electron chi connectivity index (χ4n) is 2.01. The molecule has 5 nitrogen and oxygen atoms in total. The van der Waals surface area contributed by atoms with Gasteiger partial charge in [-0.15, -0.1) is 0 Å². The number of aryl methyl sites for hydroxylation is 2. The first-order valence-electron chi connectivity index (χ1n) is 6.35. The van der Waals surface area contributed by atoms with Gasteiger partial charge in [0.25, 0.3) is 0 Å². The first-order valence-corrected chi connectivity index (χ1v) is 8.24. The molecule has 2 N–H and O–H groups in total. The summed E-state index contributed by atoms with van der Waals surface area (Å²) in [5.74, 6) is 0. The van der Waals surface area contributed by atoms with Crippen LogP contribution in [-0.4, -0.2) is 14.3 Å². The quantitative estimate of drug-likeness (QED) is 0.802. The number of alkyl halides is 3. The summed E-state index contributed by atoms with van der Waals surface area (Å²) < 4.78 is 65.1. The predicted octanol–water partition coefficient (Wildman–Crippen LogP) is 4.07. The first-order chi connectivity index (χ1) is 10.4. The molecule has 0 amide bonds. The van der Waals surface area contributed by atoms with E-state index in [1.165, 1.54) is 4.68 Å². The van der Waals surface area contributed by atoms with Crippen molar-refractivity contribution in [2.75, 3.05) is 4.72 Å². The van der Waals surface area contributed by atoms with Crippen molar-refractivity contribution in [1.29, 1.82) is 0 Å². The van der Waals surface area contributed by atoms with Crippen LogP contribution in [-0.2, 0) is 27.8 Å². The van der Waals surface area contributed by atoms with E-state index in [0.717, 1.165) is 12.1 Å². The molecule has 0 aliphatic rings. The van der Waals surface area contributed by atoms with Gasteiger partial charge in [0.15, 0.2) is 0 Å². The minimum Gasteiger partial charge on any atom is -0.270 e. The summed E-state index contributed by atoms with van der Waals surface area (Å²) in [4.78, 5) is -0.420. The monoisotopic (exact) mass is 368 g/mol. The summed E-state index contributed by atoms with van der Waals surface area (Å²) in [5.41, 5.74) is 0.162. The number of benzene rings is 1. The van der Waals surface area contributed by atoms with Crippen LogP contribution in [0.15, 0.2) is 23.1 Å². The zero-order valence-corrected chi connectivity index (χ0v) is 14.0. The van der Waals surface area contributed by atoms with Crippen LogP contribution in [0.1, 0.15) is 17.0 Å². The maximum Gasteiger partial charge on any atom is 0.418 e. The Kier molecular flexibility index (Phi) is 4.49. The summed E-state index contributed by atoms with van der Waals surface area (Å²) in [7, 11) is -2.31. The van der Waals surface area contributed by atoms with Gasteiger partial charge in [0, 0.05) is 19.2 Å². The summed E-state index contributed by atoms with van der Waals surface area (Å²) in [5, 5.41) is 3.54. The third kappa shape index (κ3) is 3.51. The second kappa shape index (κ2) is 5.81. The lowest BCUT2D eigenvalue weighted by Crippen LogP contribution is -2.22. The van der Waals surface area contributed by atoms with Crippen molar-refractivity contribution >= 4 is 27.7 Å². The molecular weight excluding hydrogens is 355 g/mol. The lowest BCUT2D eigenvalue weighted by Gasteiger charge is -2.11. The molecule has 2 rings (SSSR count). The highest BCUT2D eigenvalue weighted by Crippen LogP contribution is 2.37. The Morgan fingerprint density at radius 1 is 1.35 bits per heavy atom. The van der Waals surface area contributed by atoms with Crippen molar-refractivity contribution in [2.24, 2.45) is 7.05 Å². The van der Waals surface area contributed by atoms with Crippen LogP contribution >= 0.6 is 11.6 Å². The second-order valence-electron chi connectivity index (χ2n) is 4.94. The van der Waals surface area contributed by atoms with Gasteiger partial charge < -0.3 is 0 Å². The van der Waals surface area contributed by atoms with Crippen LogP contribution < -0.4 is 4.72 Å². The molecule has 0 fully saturated rings. The second-order valence-corrected chi connectivity index (χ2v) is 7.07. The minimum absolute atomic E-state index is 0.295. The Morgan fingerprint density at radius 3 is 2.43 bits per heavy atom. The van der Waals surface area contributed by atoms with Crippen LogP contribution in [0.25, 0.3) is 0 Å². The van der Waals surface area contributed by atoms with Crippen molar-refractivity contribution in [3.8, 4) is 0 Å². The molecule has 0 saturated heterocycles. The fourth-order valence-corrected chi connectivity index (χ4v) is 3.46. The van der Waals surface area contributed by atoms with Gasteiger partial charge in [0.05, 0.1) is 22.0 Å². The zero-order valence-electron chi connectivity index (χ0n) is 12.4. The van der Waals surface area contributed by atoms with Gasteiger partial charge >= 0.3 is 16.6 Å². The first kappa shape index (κ1) is 17.8. The van der Waals surface area contributed by atoms with Gasteiger partial charge in [0.2, 0.25) is 4.90 Å². The maximum atomic E-state index is 12.9. The van der Waals surface area contributed by atoms with Gasteiger partial charge in [-0.1, -0.05) is 11.6 Å². The van der Waals surface area contributed by atoms with Crippen LogP contribution in [0, 0.1) is 13.8 Å². The van der Waals surface area contributed by atoms with E-state index in [4.69, 9.17) is 11.6 Å². The minimum atomic E-state index is -4.72. The Balaban J connectivity index is 2.46. The van der Waals surface area contributed by atoms with Crippen LogP contribution in [0.2, 0.25) is 5.02 Å². The van der Waals surface area contributed by atoms with Crippen molar-refractivity contribution in [3.63, 3.8) is 0 Å². The highest BCUT2D eigenvalue weighted by Gasteiger charge is 2.38. The number of aromatic nitrogens is 2. The smallest absolute Gasteiger partial charge is 0.270 e. The summed E-state index contributed by atoms with van der Waals surface area (Å²) in [6.07, 6.45) is -4.72. The molecule has 10 heteroatoms. The van der Waals surface area contributed by atoms with Gasteiger partial charge in [-0.3, -0.25) is 4.68 Å². The Labute approximate surface area is 136 Å². The van der Waals surface area contributed by atoms with E-state index >= 15 is 0 Å². The third-order valence-corrected chi connectivity index (χ3v) is 5.02. The molecule has 1 atom stereocenters. The molecule has 0 bridgehead atoms. The molecule has 0 radical (unpaired) electrons.